The van der Waals surface area contributed by atoms with Gasteiger partial charge in [0.25, 0.3) is 0 Å². The van der Waals surface area contributed by atoms with Crippen LogP contribution >= 0.6 is 0 Å². The quantitative estimate of drug-likeness (QED) is 0.122. The highest BCUT2D eigenvalue weighted by Crippen LogP contribution is 2.53. The van der Waals surface area contributed by atoms with E-state index in [1.165, 1.54) is 16.7 Å². The van der Waals surface area contributed by atoms with Gasteiger partial charge in [0.2, 0.25) is 0 Å². The Morgan fingerprint density at radius 1 is 0.417 bits per heavy atom. The summed E-state index contributed by atoms with van der Waals surface area (Å²) in [7, 11) is -1.74. The van der Waals surface area contributed by atoms with Crippen molar-refractivity contribution in [2.75, 3.05) is 0 Å². The maximum atomic E-state index is 6.99. The summed E-state index contributed by atoms with van der Waals surface area (Å²) in [4.78, 5) is 0. The summed E-state index contributed by atoms with van der Waals surface area (Å²) < 4.78 is 55.1. The Morgan fingerprint density at radius 2 is 0.717 bits per heavy atom. The van der Waals surface area contributed by atoms with E-state index >= 15 is 0 Å². The van der Waals surface area contributed by atoms with Gasteiger partial charge in [-0.3, -0.25) is 0 Å². The first kappa shape index (κ1) is 47.6. The SMILES string of the molecule is C=CC[C@@H](C[C@H](C[C@H](C[C@H](CCc1ccc(-c2ccccc2)cc1)B1OC(C)(C)C(C)(C)O1)B1OC(C)(C)C(C)(C)O1)B1OC(C)(C)C(C)(C)O1)B1OC(C)(C)C(C)(C)O1. The Bertz CT molecular complexity index is 1710. The number of aryl methyl sites for hydroxylation is 1. The van der Waals surface area contributed by atoms with Gasteiger partial charge in [-0.1, -0.05) is 79.9 Å². The van der Waals surface area contributed by atoms with Crippen LogP contribution < -0.4 is 0 Å². The van der Waals surface area contributed by atoms with E-state index in [1.54, 1.807) is 0 Å². The fraction of sp³-hybridized carbons (Fsp3) is 0.708. The molecule has 0 saturated carbocycles. The van der Waals surface area contributed by atoms with E-state index in [4.69, 9.17) is 37.2 Å². The van der Waals surface area contributed by atoms with Gasteiger partial charge in [0.15, 0.2) is 0 Å². The zero-order valence-corrected chi connectivity index (χ0v) is 40.1. The summed E-state index contributed by atoms with van der Waals surface area (Å²) in [5.74, 6) is -0.0510. The van der Waals surface area contributed by atoms with Crippen molar-refractivity contribution in [2.45, 2.75) is 217 Å². The lowest BCUT2D eigenvalue weighted by Crippen LogP contribution is -2.41. The van der Waals surface area contributed by atoms with E-state index in [1.807, 2.05) is 6.08 Å². The van der Waals surface area contributed by atoms with Crippen molar-refractivity contribution >= 4 is 28.5 Å². The molecule has 4 atom stereocenters. The minimum atomic E-state index is -0.510. The molecule has 0 aliphatic carbocycles. The van der Waals surface area contributed by atoms with Gasteiger partial charge >= 0.3 is 28.5 Å². The molecular weight excluding hydrogens is 748 g/mol. The first-order chi connectivity index (χ1) is 27.6. The van der Waals surface area contributed by atoms with Crippen molar-refractivity contribution in [3.63, 3.8) is 0 Å². The fourth-order valence-electron chi connectivity index (χ4n) is 8.87. The van der Waals surface area contributed by atoms with E-state index in [0.717, 1.165) is 38.5 Å². The molecule has 0 bridgehead atoms. The molecule has 4 heterocycles. The molecule has 0 amide bonds. The third kappa shape index (κ3) is 9.77. The van der Waals surface area contributed by atoms with Crippen LogP contribution in [0.3, 0.4) is 0 Å². The van der Waals surface area contributed by atoms with Gasteiger partial charge in [-0.25, -0.2) is 0 Å². The van der Waals surface area contributed by atoms with Gasteiger partial charge in [0, 0.05) is 0 Å². The average molecular weight is 824 g/mol. The predicted molar refractivity (Wildman–Crippen MR) is 248 cm³/mol. The van der Waals surface area contributed by atoms with Crippen LogP contribution in [0.1, 0.15) is 148 Å². The Morgan fingerprint density at radius 3 is 1.08 bits per heavy atom. The summed E-state index contributed by atoms with van der Waals surface area (Å²) >= 11 is 0. The smallest absolute Gasteiger partial charge is 0.403 e. The molecule has 4 aliphatic heterocycles. The van der Waals surface area contributed by atoms with Crippen molar-refractivity contribution < 1.29 is 37.2 Å². The minimum Gasteiger partial charge on any atom is -0.403 e. The van der Waals surface area contributed by atoms with Gasteiger partial charge in [-0.15, -0.1) is 6.58 Å². The third-order valence-corrected chi connectivity index (χ3v) is 15.8. The number of hydrogen-bond acceptors (Lipinski definition) is 8. The second-order valence-electron chi connectivity index (χ2n) is 22.4. The molecule has 60 heavy (non-hydrogen) atoms. The second kappa shape index (κ2) is 16.9. The molecule has 2 aromatic carbocycles. The molecule has 12 heteroatoms. The molecule has 4 fully saturated rings. The lowest BCUT2D eigenvalue weighted by atomic mass is 9.51. The summed E-state index contributed by atoms with van der Waals surface area (Å²) in [5.41, 5.74) is -0.174. The third-order valence-electron chi connectivity index (χ3n) is 15.8. The van der Waals surface area contributed by atoms with Gasteiger partial charge in [-0.05, 0) is 170 Å². The number of allylic oxidation sites excluding steroid dienone is 1. The molecular formula is C48H76B4O8. The fourth-order valence-corrected chi connectivity index (χ4v) is 8.87. The standard InChI is InChI=1S/C48H76B4O8/c1-18-22-37(49-53-41(2,3)42(4,5)54-49)31-39(51-57-45(10,11)46(12,13)58-51)33-40(52-59-47(14,15)48(16,17)60-52)32-38(50-55-43(6,7)44(8,9)56-50)30-27-34-25-28-36(29-26-34)35-23-20-19-21-24-35/h18-21,23-26,28-29,37-40H,1,22,27,30-33H2,2-17H3/t37-,38-,39+,40-/m0/s1. The zero-order chi connectivity index (χ0) is 44.3. The summed E-state index contributed by atoms with van der Waals surface area (Å²) in [5, 5.41) is 0. The Labute approximate surface area is 365 Å². The molecule has 2 aromatic rings. The van der Waals surface area contributed by atoms with E-state index in [0.29, 0.717) is 0 Å². The lowest BCUT2D eigenvalue weighted by molar-refractivity contribution is 0.00578. The van der Waals surface area contributed by atoms with Crippen LogP contribution in [0.5, 0.6) is 0 Å². The van der Waals surface area contributed by atoms with Gasteiger partial charge in [0.05, 0.1) is 44.8 Å². The molecule has 4 aliphatic rings. The summed E-state index contributed by atoms with van der Waals surface area (Å²) in [6.07, 6.45) is 6.69. The minimum absolute atomic E-state index is 0.0178. The van der Waals surface area contributed by atoms with Crippen LogP contribution in [-0.2, 0) is 43.7 Å². The maximum absolute atomic E-state index is 6.99. The zero-order valence-electron chi connectivity index (χ0n) is 40.1. The second-order valence-corrected chi connectivity index (χ2v) is 22.4. The Kier molecular flexibility index (Phi) is 13.4. The molecule has 328 valence electrons. The molecule has 0 N–H and O–H groups in total. The summed E-state index contributed by atoms with van der Waals surface area (Å²) in [6, 6.07) is 19.5. The van der Waals surface area contributed by atoms with Crippen molar-refractivity contribution in [1.29, 1.82) is 0 Å². The highest BCUT2D eigenvalue weighted by molar-refractivity contribution is 6.51. The molecule has 0 aromatic heterocycles. The monoisotopic (exact) mass is 825 g/mol. The van der Waals surface area contributed by atoms with Crippen molar-refractivity contribution in [1.82, 2.24) is 0 Å². The lowest BCUT2D eigenvalue weighted by Gasteiger charge is -2.32. The Hall–Kier alpha value is -1.88. The van der Waals surface area contributed by atoms with E-state index in [-0.39, 0.29) is 23.3 Å². The van der Waals surface area contributed by atoms with E-state index in [2.05, 4.69) is 172 Å². The van der Waals surface area contributed by atoms with Gasteiger partial charge in [0.1, 0.15) is 0 Å². The van der Waals surface area contributed by atoms with E-state index < -0.39 is 73.3 Å². The normalized spacial score (nSPS) is 26.3. The molecule has 6 rings (SSSR count). The van der Waals surface area contributed by atoms with Gasteiger partial charge < -0.3 is 37.2 Å². The number of rotatable bonds is 16. The van der Waals surface area contributed by atoms with Crippen LogP contribution in [0.4, 0.5) is 0 Å². The van der Waals surface area contributed by atoms with Crippen LogP contribution in [-0.4, -0.2) is 73.3 Å². The summed E-state index contributed by atoms with van der Waals surface area (Å²) in [6.45, 7) is 38.3. The number of hydrogen-bond donors (Lipinski definition) is 0. The molecule has 4 saturated heterocycles. The highest BCUT2D eigenvalue weighted by atomic mass is 16.7. The van der Waals surface area contributed by atoms with Crippen molar-refractivity contribution in [3.05, 3.63) is 72.8 Å². The molecule has 0 spiro atoms. The molecule has 0 unspecified atom stereocenters. The largest absolute Gasteiger partial charge is 0.461 e. The Balaban J connectivity index is 1.35. The molecule has 8 nitrogen and oxygen atoms in total. The topological polar surface area (TPSA) is 73.8 Å². The van der Waals surface area contributed by atoms with Gasteiger partial charge in [-0.2, -0.15) is 0 Å². The van der Waals surface area contributed by atoms with Crippen LogP contribution in [0.2, 0.25) is 23.3 Å². The molecule has 0 radical (unpaired) electrons. The van der Waals surface area contributed by atoms with Crippen molar-refractivity contribution in [3.8, 4) is 11.1 Å². The van der Waals surface area contributed by atoms with Crippen molar-refractivity contribution in [2.24, 2.45) is 0 Å². The maximum Gasteiger partial charge on any atom is 0.461 e. The number of benzene rings is 2. The average Bonchev–Trinajstić information content (AvgIpc) is 3.69. The highest BCUT2D eigenvalue weighted by Gasteiger charge is 2.61. The van der Waals surface area contributed by atoms with Crippen LogP contribution in [0.25, 0.3) is 11.1 Å². The predicted octanol–water partition coefficient (Wildman–Crippen LogP) is 11.9. The first-order valence-corrected chi connectivity index (χ1v) is 22.8. The first-order valence-electron chi connectivity index (χ1n) is 22.8. The van der Waals surface area contributed by atoms with E-state index in [9.17, 15) is 0 Å². The van der Waals surface area contributed by atoms with Crippen LogP contribution in [0, 0.1) is 0 Å². The van der Waals surface area contributed by atoms with Crippen LogP contribution in [0.15, 0.2) is 67.3 Å².